The van der Waals surface area contributed by atoms with E-state index in [1.54, 1.807) is 22.5 Å². The lowest BCUT2D eigenvalue weighted by molar-refractivity contribution is 0.0254. The lowest BCUT2D eigenvalue weighted by Crippen LogP contribution is -2.51. The molecule has 11 aliphatic rings. The van der Waals surface area contributed by atoms with Crippen molar-refractivity contribution in [2.24, 2.45) is 46.8 Å². The van der Waals surface area contributed by atoms with Gasteiger partial charge in [-0.05, 0) is 175 Å². The summed E-state index contributed by atoms with van der Waals surface area (Å²) in [7, 11) is 0. The molecule has 57 heavy (non-hydrogen) atoms. The molecule has 0 N–H and O–H groups in total. The van der Waals surface area contributed by atoms with E-state index in [2.05, 4.69) is 101 Å². The van der Waals surface area contributed by atoms with Crippen LogP contribution in [-0.2, 0) is 0 Å². The van der Waals surface area contributed by atoms with E-state index in [-0.39, 0.29) is 0 Å². The Labute approximate surface area is 346 Å². The second kappa shape index (κ2) is 15.9. The van der Waals surface area contributed by atoms with Crippen molar-refractivity contribution in [3.05, 3.63) is 119 Å². The van der Waals surface area contributed by atoms with Crippen molar-refractivity contribution < 1.29 is 0 Å². The minimum absolute atomic E-state index is 0.295. The minimum Gasteiger partial charge on any atom is -0.369 e. The number of nitrogens with zero attached hydrogens (tertiary/aromatic N) is 2. The first-order chi connectivity index (χ1) is 28.3. The van der Waals surface area contributed by atoms with E-state index in [9.17, 15) is 0 Å². The van der Waals surface area contributed by atoms with Gasteiger partial charge >= 0.3 is 0 Å². The Morgan fingerprint density at radius 3 is 2.21 bits per heavy atom. The fraction of sp³-hybridized carbons (Fsp3) is 0.636. The summed E-state index contributed by atoms with van der Waals surface area (Å²) in [5.41, 5.74) is 9.14. The van der Waals surface area contributed by atoms with Crippen LogP contribution in [0.5, 0.6) is 0 Å². The van der Waals surface area contributed by atoms with Crippen LogP contribution >= 0.6 is 0 Å². The Hall–Kier alpha value is -3.00. The topological polar surface area (TPSA) is 6.48 Å². The third-order valence-corrected chi connectivity index (χ3v) is 18.0. The van der Waals surface area contributed by atoms with Crippen molar-refractivity contribution in [1.29, 1.82) is 0 Å². The molecule has 11 rings (SSSR count). The molecule has 302 valence electrons. The van der Waals surface area contributed by atoms with Crippen LogP contribution in [0.25, 0.3) is 0 Å². The standard InChI is InChI=1S/C55H72N2/c1-5-19-39(20-6-1)40-21-17-28-44(37-40)56(41-22-7-2-8-23-41)45-35-36-47-46-29-13-15-31-49(46)55(52(47)38-45)50-32-16-14-30-48(50)54-51(55)33-18-34-53(54)57(42-24-9-3-10-25-42)43-26-11-4-12-27-43/h2-3,5,7,9,13-14,18-20,29-30,33-34,37,40-43,45-47,49,51-52,54H,1,4,6,8,10-12,15-17,21-28,31-32,35-36,38H2. The second-order valence-corrected chi connectivity index (χ2v) is 20.5. The predicted molar refractivity (Wildman–Crippen MR) is 238 cm³/mol. The normalized spacial score (nSPS) is 40.9. The molecular formula is C55H72N2. The number of hydrogen-bond donors (Lipinski definition) is 0. The maximum Gasteiger partial charge on any atom is 0.0327 e. The van der Waals surface area contributed by atoms with Crippen LogP contribution in [0.3, 0.4) is 0 Å². The first kappa shape index (κ1) is 37.0. The first-order valence-corrected chi connectivity index (χ1v) is 24.7. The number of rotatable bonds is 7. The van der Waals surface area contributed by atoms with E-state index >= 15 is 0 Å². The summed E-state index contributed by atoms with van der Waals surface area (Å²) in [5, 5.41) is 0. The van der Waals surface area contributed by atoms with Gasteiger partial charge in [0.1, 0.15) is 0 Å². The molecule has 0 aromatic heterocycles. The van der Waals surface area contributed by atoms with E-state index in [1.165, 1.54) is 148 Å². The molecule has 0 aromatic rings. The monoisotopic (exact) mass is 761 g/mol. The molecule has 0 aliphatic heterocycles. The highest BCUT2D eigenvalue weighted by atomic mass is 15.2. The highest BCUT2D eigenvalue weighted by molar-refractivity contribution is 5.53. The molecule has 11 aliphatic carbocycles. The van der Waals surface area contributed by atoms with Gasteiger partial charge in [0.15, 0.2) is 0 Å². The zero-order chi connectivity index (χ0) is 37.8. The molecule has 11 unspecified atom stereocenters. The van der Waals surface area contributed by atoms with Crippen LogP contribution in [0.1, 0.15) is 148 Å². The molecule has 2 nitrogen and oxygen atoms in total. The van der Waals surface area contributed by atoms with Crippen molar-refractivity contribution in [1.82, 2.24) is 9.80 Å². The van der Waals surface area contributed by atoms with Crippen molar-refractivity contribution in [3.8, 4) is 0 Å². The zero-order valence-electron chi connectivity index (χ0n) is 35.2. The van der Waals surface area contributed by atoms with Crippen LogP contribution in [-0.4, -0.2) is 34.0 Å². The average Bonchev–Trinajstić information content (AvgIpc) is 3.76. The molecule has 0 amide bonds. The smallest absolute Gasteiger partial charge is 0.0327 e. The van der Waals surface area contributed by atoms with Gasteiger partial charge in [0.05, 0.1) is 0 Å². The zero-order valence-corrected chi connectivity index (χ0v) is 35.2. The molecule has 0 aromatic carbocycles. The highest BCUT2D eigenvalue weighted by Crippen LogP contribution is 2.75. The Morgan fingerprint density at radius 1 is 0.579 bits per heavy atom. The molecule has 3 saturated carbocycles. The Morgan fingerprint density at radius 2 is 1.40 bits per heavy atom. The SMILES string of the molecule is C1=CC2C(C(N(C3CC=CCC3)C3CCCCC3)=C1)C1=C(CCC=C1)C21C2CCC=CC2C2CCC(N(C3=CC(C4=CCCC=C4)CCC3)C3CC=CCC3)CC21. The summed E-state index contributed by atoms with van der Waals surface area (Å²) < 4.78 is 0. The fourth-order valence-corrected chi connectivity index (χ4v) is 16.0. The Bertz CT molecular complexity index is 1830. The third-order valence-electron chi connectivity index (χ3n) is 18.0. The highest BCUT2D eigenvalue weighted by Gasteiger charge is 2.69. The van der Waals surface area contributed by atoms with E-state index in [1.807, 2.05) is 5.57 Å². The van der Waals surface area contributed by atoms with E-state index in [4.69, 9.17) is 0 Å². The van der Waals surface area contributed by atoms with Gasteiger partial charge in [-0.15, -0.1) is 0 Å². The van der Waals surface area contributed by atoms with E-state index in [0.29, 0.717) is 47.3 Å². The van der Waals surface area contributed by atoms with Crippen molar-refractivity contribution in [2.75, 3.05) is 0 Å². The van der Waals surface area contributed by atoms with Gasteiger partial charge in [0, 0.05) is 52.8 Å². The third kappa shape index (κ3) is 6.29. The molecule has 0 radical (unpaired) electrons. The van der Waals surface area contributed by atoms with Gasteiger partial charge in [-0.3, -0.25) is 0 Å². The van der Waals surface area contributed by atoms with Crippen LogP contribution < -0.4 is 0 Å². The van der Waals surface area contributed by atoms with Crippen LogP contribution in [0.15, 0.2) is 119 Å². The van der Waals surface area contributed by atoms with E-state index in [0.717, 1.165) is 23.7 Å². The maximum absolute atomic E-state index is 3.15. The minimum atomic E-state index is 0.295. The van der Waals surface area contributed by atoms with E-state index < -0.39 is 0 Å². The molecule has 2 heteroatoms. The molecular weight excluding hydrogens is 689 g/mol. The predicted octanol–water partition coefficient (Wildman–Crippen LogP) is 13.8. The molecule has 3 fully saturated rings. The summed E-state index contributed by atoms with van der Waals surface area (Å²) in [6.45, 7) is 0. The largest absolute Gasteiger partial charge is 0.369 e. The lowest BCUT2D eigenvalue weighted by Gasteiger charge is -2.53. The number of allylic oxidation sites excluding steroid dienone is 17. The summed E-state index contributed by atoms with van der Waals surface area (Å²) in [6.07, 6.45) is 69.7. The molecule has 0 heterocycles. The van der Waals surface area contributed by atoms with Gasteiger partial charge in [0.2, 0.25) is 0 Å². The fourth-order valence-electron chi connectivity index (χ4n) is 16.0. The van der Waals surface area contributed by atoms with Crippen LogP contribution in [0.2, 0.25) is 0 Å². The molecule has 0 saturated heterocycles. The maximum atomic E-state index is 3.15. The Kier molecular flexibility index (Phi) is 10.3. The lowest BCUT2D eigenvalue weighted by atomic mass is 9.55. The Balaban J connectivity index is 0.997. The van der Waals surface area contributed by atoms with Gasteiger partial charge in [0.25, 0.3) is 0 Å². The van der Waals surface area contributed by atoms with Crippen molar-refractivity contribution >= 4 is 0 Å². The van der Waals surface area contributed by atoms with Crippen LogP contribution in [0.4, 0.5) is 0 Å². The average molecular weight is 761 g/mol. The van der Waals surface area contributed by atoms with Crippen LogP contribution in [0, 0.1) is 46.8 Å². The summed E-state index contributed by atoms with van der Waals surface area (Å²) in [6, 6.07) is 2.71. The molecule has 0 bridgehead atoms. The second-order valence-electron chi connectivity index (χ2n) is 20.5. The van der Waals surface area contributed by atoms with Crippen molar-refractivity contribution in [2.45, 2.75) is 172 Å². The quantitative estimate of drug-likeness (QED) is 0.239. The molecule has 11 atom stereocenters. The van der Waals surface area contributed by atoms with Gasteiger partial charge in [-0.2, -0.15) is 0 Å². The molecule has 1 spiro atoms. The summed E-state index contributed by atoms with van der Waals surface area (Å²) >= 11 is 0. The number of fused-ring (bicyclic) bond motifs is 9. The van der Waals surface area contributed by atoms with Gasteiger partial charge in [-0.1, -0.05) is 110 Å². The number of hydrogen-bond acceptors (Lipinski definition) is 2. The van der Waals surface area contributed by atoms with Crippen molar-refractivity contribution in [3.63, 3.8) is 0 Å². The van der Waals surface area contributed by atoms with Gasteiger partial charge < -0.3 is 9.80 Å². The summed E-state index contributed by atoms with van der Waals surface area (Å²) in [5.74, 6) is 4.92. The van der Waals surface area contributed by atoms with Gasteiger partial charge in [-0.25, -0.2) is 0 Å². The summed E-state index contributed by atoms with van der Waals surface area (Å²) in [4.78, 5) is 6.27. The first-order valence-electron chi connectivity index (χ1n) is 24.7.